The number of hydrogen-bond donors (Lipinski definition) is 0. The van der Waals surface area contributed by atoms with Gasteiger partial charge in [-0.3, -0.25) is 0 Å². The third kappa shape index (κ3) is 8.36. The van der Waals surface area contributed by atoms with Crippen LogP contribution in [0.5, 0.6) is 0 Å². The lowest BCUT2D eigenvalue weighted by atomic mass is 9.33. The Hall–Kier alpha value is -6.07. The van der Waals surface area contributed by atoms with Crippen LogP contribution in [0, 0.1) is 17.8 Å². The van der Waals surface area contributed by atoms with Gasteiger partial charge < -0.3 is 14.2 Å². The number of hydrogen-bond acceptors (Lipinski definition) is 4. The summed E-state index contributed by atoms with van der Waals surface area (Å²) in [6.07, 6.45) is 18.0. The van der Waals surface area contributed by atoms with E-state index < -0.39 is 0 Å². The van der Waals surface area contributed by atoms with Crippen molar-refractivity contribution in [2.24, 2.45) is 10.8 Å². The van der Waals surface area contributed by atoms with Crippen molar-refractivity contribution in [3.63, 3.8) is 0 Å². The highest BCUT2D eigenvalue weighted by molar-refractivity contribution is 7.00. The van der Waals surface area contributed by atoms with Crippen LogP contribution in [-0.4, -0.2) is 17.7 Å². The summed E-state index contributed by atoms with van der Waals surface area (Å²) in [6, 6.07) is 42.7. The first kappa shape index (κ1) is 49.8. The van der Waals surface area contributed by atoms with E-state index >= 15 is 0 Å². The zero-order valence-electron chi connectivity index (χ0n) is 47.3. The quantitative estimate of drug-likeness (QED) is 0.121. The van der Waals surface area contributed by atoms with Gasteiger partial charge in [-0.2, -0.15) is 0 Å². The predicted octanol–water partition coefficient (Wildman–Crippen LogP) is 17.7. The number of rotatable bonds is 11. The summed E-state index contributed by atoms with van der Waals surface area (Å²) in [5, 5.41) is 0. The molecule has 3 heterocycles. The summed E-state index contributed by atoms with van der Waals surface area (Å²) in [5.74, 6) is 1.20. The van der Waals surface area contributed by atoms with E-state index in [2.05, 4.69) is 214 Å². The lowest BCUT2D eigenvalue weighted by Gasteiger charge is -2.51. The normalized spacial score (nSPS) is 19.8. The fraction of sp³-hybridized carbons (Fsp3) is 0.414. The van der Waals surface area contributed by atoms with Crippen molar-refractivity contribution in [2.45, 2.75) is 177 Å². The third-order valence-electron chi connectivity index (χ3n) is 19.2. The number of unbranched alkanes of at least 4 members (excludes halogenated alkanes) is 1. The molecule has 0 bridgehead atoms. The summed E-state index contributed by atoms with van der Waals surface area (Å²) in [7, 11) is 0. The molecule has 75 heavy (non-hydrogen) atoms. The number of nitrogens with zero attached hydrogens (tertiary/aromatic N) is 3. The maximum absolute atomic E-state index is 6.97. The highest BCUT2D eigenvalue weighted by Crippen LogP contribution is 2.55. The first-order valence-electron chi connectivity index (χ1n) is 29.0. The van der Waals surface area contributed by atoms with Gasteiger partial charge in [-0.15, -0.1) is 0 Å². The summed E-state index contributed by atoms with van der Waals surface area (Å²) in [6.45, 7) is 29.1. The maximum atomic E-state index is 6.97. The molecule has 0 amide bonds. The number of fused-ring (bicyclic) bond motifs is 6. The molecule has 5 aliphatic rings. The van der Waals surface area contributed by atoms with E-state index in [-0.39, 0.29) is 34.4 Å². The highest BCUT2D eigenvalue weighted by Gasteiger charge is 2.49. The van der Waals surface area contributed by atoms with Crippen molar-refractivity contribution in [3.8, 4) is 22.6 Å². The van der Waals surface area contributed by atoms with Gasteiger partial charge in [0.1, 0.15) is 5.52 Å². The molecule has 12 rings (SSSR count). The molecule has 0 fully saturated rings. The lowest BCUT2D eigenvalue weighted by Crippen LogP contribution is -2.63. The van der Waals surface area contributed by atoms with Crippen LogP contribution in [0.3, 0.4) is 0 Å². The van der Waals surface area contributed by atoms with Gasteiger partial charge in [0.05, 0.1) is 6.04 Å². The minimum absolute atomic E-state index is 0.0227. The SMILES string of the molecule is CCCCc1ccc(-c2ccc(-c3nc4cc5c(cc4o3)B3c4cc6c(cc4N(C4C=CC7=C(C4)C(C)(C)CCC7(C)C)c4cc(C)cc(c43)N5c3ccc(C(CC)CCC)cc3)C(C)(C)CCC6(C)C)cc2)cc1. The van der Waals surface area contributed by atoms with Crippen LogP contribution in [-0.2, 0) is 17.3 Å². The molecule has 0 saturated carbocycles. The average molecular weight is 990 g/mol. The second kappa shape index (κ2) is 18.3. The smallest absolute Gasteiger partial charge is 0.252 e. The summed E-state index contributed by atoms with van der Waals surface area (Å²) in [4.78, 5) is 10.7. The molecular weight excluding hydrogens is 910 g/mol. The van der Waals surface area contributed by atoms with Gasteiger partial charge >= 0.3 is 0 Å². The molecule has 5 heteroatoms. The van der Waals surface area contributed by atoms with Crippen molar-refractivity contribution in [3.05, 3.63) is 160 Å². The standard InChI is InChI=1S/C70H80BN3O/c1-13-16-18-45-19-21-48(22-20-45)49-23-25-50(26-24-49)66-72-59-43-61-58(42-64(59)75-66)71-57-40-55-56(70(11,12)36-35-69(55,9)10)41-60(57)74(52-31-32-53-54(39-52)68(7,8)34-33-67(53,5)6)63-38-44(4)37-62(65(63)71)73(61)51-29-27-47(28-30-51)46(15-3)17-14-2/h19-32,37-38,40-43,46,52H,13-18,33-36,39H2,1-12H3. The Kier molecular flexibility index (Phi) is 12.2. The first-order valence-corrected chi connectivity index (χ1v) is 29.0. The van der Waals surface area contributed by atoms with Gasteiger partial charge in [0.25, 0.3) is 6.71 Å². The van der Waals surface area contributed by atoms with Crippen LogP contribution in [0.1, 0.15) is 174 Å². The van der Waals surface area contributed by atoms with E-state index in [9.17, 15) is 0 Å². The molecule has 0 radical (unpaired) electrons. The minimum atomic E-state index is -0.0227. The van der Waals surface area contributed by atoms with E-state index in [0.717, 1.165) is 35.9 Å². The zero-order chi connectivity index (χ0) is 52.3. The fourth-order valence-corrected chi connectivity index (χ4v) is 14.4. The van der Waals surface area contributed by atoms with Crippen molar-refractivity contribution in [1.29, 1.82) is 0 Å². The van der Waals surface area contributed by atoms with Crippen molar-refractivity contribution in [2.75, 3.05) is 9.80 Å². The van der Waals surface area contributed by atoms with E-state index in [0.29, 0.717) is 11.8 Å². The molecule has 2 aliphatic heterocycles. The Labute approximate surface area is 449 Å². The molecule has 0 spiro atoms. The van der Waals surface area contributed by atoms with Crippen LogP contribution in [0.2, 0.25) is 0 Å². The third-order valence-corrected chi connectivity index (χ3v) is 19.2. The van der Waals surface area contributed by atoms with E-state index in [4.69, 9.17) is 9.40 Å². The number of oxazole rings is 1. The number of aromatic nitrogens is 1. The molecule has 0 N–H and O–H groups in total. The van der Waals surface area contributed by atoms with Gasteiger partial charge in [0.15, 0.2) is 5.58 Å². The first-order chi connectivity index (χ1) is 35.9. The number of benzene rings is 6. The van der Waals surface area contributed by atoms with Gasteiger partial charge in [-0.05, 0) is 208 Å². The van der Waals surface area contributed by atoms with Crippen LogP contribution in [0.15, 0.2) is 137 Å². The van der Waals surface area contributed by atoms with Gasteiger partial charge in [-0.25, -0.2) is 4.98 Å². The maximum Gasteiger partial charge on any atom is 0.252 e. The van der Waals surface area contributed by atoms with E-state index in [1.807, 2.05) is 0 Å². The summed E-state index contributed by atoms with van der Waals surface area (Å²) >= 11 is 0. The second-order valence-electron chi connectivity index (χ2n) is 26.1. The molecule has 7 aromatic rings. The number of allylic oxidation sites excluding steroid dienone is 2. The van der Waals surface area contributed by atoms with E-state index in [1.54, 1.807) is 11.1 Å². The Balaban J connectivity index is 1.06. The molecule has 3 aliphatic carbocycles. The molecule has 2 unspecified atom stereocenters. The van der Waals surface area contributed by atoms with Gasteiger partial charge in [0, 0.05) is 34.0 Å². The Morgan fingerprint density at radius 2 is 1.27 bits per heavy atom. The number of anilines is 5. The Bertz CT molecular complexity index is 3420. The van der Waals surface area contributed by atoms with Crippen LogP contribution in [0.4, 0.5) is 28.4 Å². The van der Waals surface area contributed by atoms with Crippen LogP contribution >= 0.6 is 0 Å². The van der Waals surface area contributed by atoms with Crippen LogP contribution < -0.4 is 26.2 Å². The second-order valence-corrected chi connectivity index (χ2v) is 26.1. The van der Waals surface area contributed by atoms with Gasteiger partial charge in [0.2, 0.25) is 5.89 Å². The average Bonchev–Trinajstić information content (AvgIpc) is 3.83. The van der Waals surface area contributed by atoms with Gasteiger partial charge in [-0.1, -0.05) is 161 Å². The topological polar surface area (TPSA) is 32.5 Å². The minimum Gasteiger partial charge on any atom is -0.436 e. The molecule has 6 aromatic carbocycles. The van der Waals surface area contributed by atoms with Crippen molar-refractivity contribution < 1.29 is 4.42 Å². The highest BCUT2D eigenvalue weighted by atomic mass is 16.3. The number of aryl methyl sites for hydroxylation is 2. The van der Waals surface area contributed by atoms with Crippen molar-refractivity contribution in [1.82, 2.24) is 4.98 Å². The Morgan fingerprint density at radius 1 is 0.640 bits per heavy atom. The monoisotopic (exact) mass is 990 g/mol. The molecule has 0 saturated heterocycles. The predicted molar refractivity (Wildman–Crippen MR) is 321 cm³/mol. The molecular formula is C70H80BN3O. The van der Waals surface area contributed by atoms with Crippen LogP contribution in [0.25, 0.3) is 33.7 Å². The summed E-state index contributed by atoms with van der Waals surface area (Å²) in [5.41, 5.74) is 26.2. The molecule has 1 aromatic heterocycles. The molecule has 4 nitrogen and oxygen atoms in total. The zero-order valence-corrected chi connectivity index (χ0v) is 47.3. The summed E-state index contributed by atoms with van der Waals surface area (Å²) < 4.78 is 6.97. The Morgan fingerprint density at radius 3 is 1.95 bits per heavy atom. The molecule has 2 atom stereocenters. The molecule has 384 valence electrons. The van der Waals surface area contributed by atoms with Crippen molar-refractivity contribution >= 4 is 62.6 Å². The van der Waals surface area contributed by atoms with E-state index in [1.165, 1.54) is 135 Å². The fourth-order valence-electron chi connectivity index (χ4n) is 14.4. The largest absolute Gasteiger partial charge is 0.436 e. The lowest BCUT2D eigenvalue weighted by molar-refractivity contribution is 0.256.